The van der Waals surface area contributed by atoms with Crippen molar-refractivity contribution >= 4 is 11.9 Å². The van der Waals surface area contributed by atoms with E-state index < -0.39 is 0 Å². The molecule has 2 aromatic rings. The molecule has 2 aromatic heterocycles. The monoisotopic (exact) mass is 285 g/mol. The number of aryl methyl sites for hydroxylation is 1. The Morgan fingerprint density at radius 2 is 2.24 bits per heavy atom. The highest BCUT2D eigenvalue weighted by Crippen LogP contribution is 2.22. The number of rotatable bonds is 4. The molecule has 0 radical (unpaired) electrons. The molecule has 0 aromatic carbocycles. The Morgan fingerprint density at radius 3 is 2.86 bits per heavy atom. The molecule has 0 aliphatic carbocycles. The van der Waals surface area contributed by atoms with E-state index >= 15 is 0 Å². The van der Waals surface area contributed by atoms with Gasteiger partial charge in [0.05, 0.1) is 17.6 Å². The van der Waals surface area contributed by atoms with Gasteiger partial charge in [0, 0.05) is 51.2 Å². The fourth-order valence-corrected chi connectivity index (χ4v) is 2.52. The molecule has 0 amide bonds. The summed E-state index contributed by atoms with van der Waals surface area (Å²) in [5.74, 6) is 0. The molecular formula is C14H19N7. The SMILES string of the molecule is CC/N=C(/c1cnn(C)c1)c1ccnn1C1CC=NN1C. The lowest BCUT2D eigenvalue weighted by molar-refractivity contribution is 0.197. The summed E-state index contributed by atoms with van der Waals surface area (Å²) in [6.45, 7) is 2.74. The summed E-state index contributed by atoms with van der Waals surface area (Å²) in [5.41, 5.74) is 2.92. The van der Waals surface area contributed by atoms with Crippen molar-refractivity contribution in [2.75, 3.05) is 13.6 Å². The van der Waals surface area contributed by atoms with Gasteiger partial charge >= 0.3 is 0 Å². The zero-order chi connectivity index (χ0) is 14.8. The Kier molecular flexibility index (Phi) is 3.55. The van der Waals surface area contributed by atoms with Crippen LogP contribution in [0.15, 0.2) is 34.8 Å². The summed E-state index contributed by atoms with van der Waals surface area (Å²) in [7, 11) is 3.86. The lowest BCUT2D eigenvalue weighted by Gasteiger charge is -2.21. The molecular weight excluding hydrogens is 266 g/mol. The third-order valence-corrected chi connectivity index (χ3v) is 3.50. The van der Waals surface area contributed by atoms with Gasteiger partial charge in [-0.3, -0.25) is 14.7 Å². The maximum absolute atomic E-state index is 4.65. The van der Waals surface area contributed by atoms with E-state index in [-0.39, 0.29) is 6.17 Å². The number of aromatic nitrogens is 4. The molecule has 0 saturated heterocycles. The van der Waals surface area contributed by atoms with E-state index in [9.17, 15) is 0 Å². The molecule has 1 aliphatic rings. The zero-order valence-electron chi connectivity index (χ0n) is 12.5. The van der Waals surface area contributed by atoms with Gasteiger partial charge in [-0.05, 0) is 13.0 Å². The van der Waals surface area contributed by atoms with Gasteiger partial charge in [0.15, 0.2) is 0 Å². The van der Waals surface area contributed by atoms with E-state index in [1.807, 2.05) is 61.6 Å². The fraction of sp³-hybridized carbons (Fsp3) is 0.429. The first-order valence-corrected chi connectivity index (χ1v) is 7.03. The Bertz CT molecular complexity index is 679. The van der Waals surface area contributed by atoms with Crippen LogP contribution in [0.4, 0.5) is 0 Å². The highest BCUT2D eigenvalue weighted by Gasteiger charge is 2.24. The van der Waals surface area contributed by atoms with Crippen LogP contribution in [0.5, 0.6) is 0 Å². The van der Waals surface area contributed by atoms with Crippen LogP contribution in [-0.2, 0) is 7.05 Å². The second kappa shape index (κ2) is 5.51. The maximum atomic E-state index is 4.65. The molecule has 1 aliphatic heterocycles. The molecule has 21 heavy (non-hydrogen) atoms. The Balaban J connectivity index is 2.02. The molecule has 3 heterocycles. The van der Waals surface area contributed by atoms with Crippen LogP contribution in [0, 0.1) is 0 Å². The van der Waals surface area contributed by atoms with Gasteiger partial charge in [-0.2, -0.15) is 15.3 Å². The van der Waals surface area contributed by atoms with Crippen LogP contribution in [-0.4, -0.2) is 50.1 Å². The summed E-state index contributed by atoms with van der Waals surface area (Å²) >= 11 is 0. The smallest absolute Gasteiger partial charge is 0.144 e. The van der Waals surface area contributed by atoms with Crippen molar-refractivity contribution in [3.8, 4) is 0 Å². The summed E-state index contributed by atoms with van der Waals surface area (Å²) in [5, 5.41) is 14.9. The van der Waals surface area contributed by atoms with Gasteiger partial charge in [0.1, 0.15) is 6.17 Å². The molecule has 0 saturated carbocycles. The maximum Gasteiger partial charge on any atom is 0.144 e. The minimum absolute atomic E-state index is 0.105. The van der Waals surface area contributed by atoms with E-state index in [0.29, 0.717) is 6.54 Å². The van der Waals surface area contributed by atoms with E-state index in [1.165, 1.54) is 0 Å². The van der Waals surface area contributed by atoms with E-state index in [2.05, 4.69) is 20.3 Å². The van der Waals surface area contributed by atoms with E-state index in [0.717, 1.165) is 23.4 Å². The van der Waals surface area contributed by atoms with Crippen molar-refractivity contribution in [2.45, 2.75) is 19.5 Å². The second-order valence-corrected chi connectivity index (χ2v) is 4.97. The number of nitrogens with zero attached hydrogens (tertiary/aromatic N) is 7. The van der Waals surface area contributed by atoms with E-state index in [4.69, 9.17) is 0 Å². The first-order valence-electron chi connectivity index (χ1n) is 7.03. The van der Waals surface area contributed by atoms with Crippen LogP contribution in [0.3, 0.4) is 0 Å². The van der Waals surface area contributed by atoms with Crippen LogP contribution in [0.25, 0.3) is 0 Å². The van der Waals surface area contributed by atoms with Crippen LogP contribution in [0.1, 0.15) is 30.8 Å². The molecule has 0 bridgehead atoms. The van der Waals surface area contributed by atoms with Gasteiger partial charge in [-0.1, -0.05) is 0 Å². The average Bonchev–Trinajstić information content (AvgIpc) is 3.16. The summed E-state index contributed by atoms with van der Waals surface area (Å²) < 4.78 is 3.76. The first kappa shape index (κ1) is 13.5. The Hall–Kier alpha value is -2.44. The van der Waals surface area contributed by atoms with Crippen LogP contribution < -0.4 is 0 Å². The quantitative estimate of drug-likeness (QED) is 0.795. The number of hydrogen-bond donors (Lipinski definition) is 0. The third-order valence-electron chi connectivity index (χ3n) is 3.50. The number of aliphatic imine (C=N–C) groups is 1. The van der Waals surface area contributed by atoms with Crippen molar-refractivity contribution in [3.05, 3.63) is 35.9 Å². The highest BCUT2D eigenvalue weighted by atomic mass is 15.6. The van der Waals surface area contributed by atoms with Crippen molar-refractivity contribution in [3.63, 3.8) is 0 Å². The molecule has 1 atom stereocenters. The van der Waals surface area contributed by atoms with Crippen molar-refractivity contribution in [1.82, 2.24) is 24.6 Å². The first-order chi connectivity index (χ1) is 10.2. The molecule has 7 nitrogen and oxygen atoms in total. The second-order valence-electron chi connectivity index (χ2n) is 4.97. The topological polar surface area (TPSA) is 63.6 Å². The molecule has 3 rings (SSSR count). The molecule has 1 unspecified atom stereocenters. The predicted octanol–water partition coefficient (Wildman–Crippen LogP) is 1.29. The molecule has 0 spiro atoms. The van der Waals surface area contributed by atoms with Crippen molar-refractivity contribution in [2.24, 2.45) is 17.1 Å². The minimum Gasteiger partial charge on any atom is -0.283 e. The molecule has 0 N–H and O–H groups in total. The van der Waals surface area contributed by atoms with Gasteiger partial charge in [-0.25, -0.2) is 4.68 Å². The van der Waals surface area contributed by atoms with Crippen molar-refractivity contribution < 1.29 is 0 Å². The standard InChI is InChI=1S/C14H19N7/c1-4-15-14(11-9-18-19(2)10-11)12-5-7-17-21(12)13-6-8-16-20(13)3/h5,7-10,13H,4,6H2,1-3H3/b15-14-. The average molecular weight is 285 g/mol. The Morgan fingerprint density at radius 1 is 1.38 bits per heavy atom. The van der Waals surface area contributed by atoms with Crippen LogP contribution in [0.2, 0.25) is 0 Å². The minimum atomic E-state index is 0.105. The summed E-state index contributed by atoms with van der Waals surface area (Å²) in [4.78, 5) is 4.65. The van der Waals surface area contributed by atoms with Gasteiger partial charge in [-0.15, -0.1) is 0 Å². The van der Waals surface area contributed by atoms with Gasteiger partial charge < -0.3 is 0 Å². The molecule has 0 fully saturated rings. The lowest BCUT2D eigenvalue weighted by Crippen LogP contribution is -2.25. The number of hydrazone groups is 1. The number of hydrogen-bond acceptors (Lipinski definition) is 5. The Labute approximate surface area is 123 Å². The van der Waals surface area contributed by atoms with E-state index in [1.54, 1.807) is 4.68 Å². The summed E-state index contributed by atoms with van der Waals surface area (Å²) in [6, 6.07) is 1.99. The fourth-order valence-electron chi connectivity index (χ4n) is 2.52. The predicted molar refractivity (Wildman–Crippen MR) is 81.5 cm³/mol. The van der Waals surface area contributed by atoms with Crippen molar-refractivity contribution in [1.29, 1.82) is 0 Å². The van der Waals surface area contributed by atoms with Gasteiger partial charge in [0.25, 0.3) is 0 Å². The normalized spacial score (nSPS) is 18.7. The van der Waals surface area contributed by atoms with Crippen LogP contribution >= 0.6 is 0 Å². The lowest BCUT2D eigenvalue weighted by atomic mass is 10.1. The zero-order valence-corrected chi connectivity index (χ0v) is 12.5. The summed E-state index contributed by atoms with van der Waals surface area (Å²) in [6.07, 6.45) is 8.48. The highest BCUT2D eigenvalue weighted by molar-refractivity contribution is 6.11. The largest absolute Gasteiger partial charge is 0.283 e. The molecule has 7 heteroatoms. The third kappa shape index (κ3) is 2.46. The molecule has 110 valence electrons. The van der Waals surface area contributed by atoms with Gasteiger partial charge in [0.2, 0.25) is 0 Å².